The van der Waals surface area contributed by atoms with E-state index in [4.69, 9.17) is 0 Å². The fourth-order valence-corrected chi connectivity index (χ4v) is 4.18. The molecule has 0 bridgehead atoms. The zero-order chi connectivity index (χ0) is 22.7. The summed E-state index contributed by atoms with van der Waals surface area (Å²) >= 11 is 0. The first-order valence-electron chi connectivity index (χ1n) is 11.2. The summed E-state index contributed by atoms with van der Waals surface area (Å²) in [6.45, 7) is 10.3. The van der Waals surface area contributed by atoms with Crippen LogP contribution in [0.1, 0.15) is 53.2 Å². The summed E-state index contributed by atoms with van der Waals surface area (Å²) in [5.41, 5.74) is 5.37. The van der Waals surface area contributed by atoms with Gasteiger partial charge in [0.15, 0.2) is 0 Å². The highest BCUT2D eigenvalue weighted by atomic mass is 16.1. The number of rotatable bonds is 6. The van der Waals surface area contributed by atoms with Crippen LogP contribution in [-0.2, 0) is 17.8 Å². The minimum absolute atomic E-state index is 0.0443. The predicted octanol–water partition coefficient (Wildman–Crippen LogP) is 3.14. The maximum absolute atomic E-state index is 12.7. The number of aromatic nitrogens is 5. The molecule has 0 unspecified atom stereocenters. The minimum Gasteiger partial charge on any atom is -0.357 e. The number of pyridine rings is 1. The number of anilines is 1. The molecule has 4 rings (SSSR count). The van der Waals surface area contributed by atoms with Crippen molar-refractivity contribution in [3.8, 4) is 5.95 Å². The van der Waals surface area contributed by atoms with Crippen molar-refractivity contribution in [3.05, 3.63) is 58.3 Å². The van der Waals surface area contributed by atoms with Gasteiger partial charge < -0.3 is 10.2 Å². The summed E-state index contributed by atoms with van der Waals surface area (Å²) in [5.74, 6) is 1.51. The number of amides is 1. The van der Waals surface area contributed by atoms with Crippen molar-refractivity contribution < 1.29 is 4.79 Å². The summed E-state index contributed by atoms with van der Waals surface area (Å²) < 4.78 is 1.72. The van der Waals surface area contributed by atoms with Crippen LogP contribution in [0.4, 0.5) is 5.82 Å². The maximum atomic E-state index is 12.7. The van der Waals surface area contributed by atoms with E-state index in [1.54, 1.807) is 4.68 Å². The second-order valence-electron chi connectivity index (χ2n) is 8.54. The molecule has 0 saturated carbocycles. The number of nitrogens with one attached hydrogen (secondary N) is 1. The van der Waals surface area contributed by atoms with Crippen LogP contribution in [-0.4, -0.2) is 43.7 Å². The quantitative estimate of drug-likeness (QED) is 0.642. The molecule has 1 aliphatic heterocycles. The number of hydrogen-bond acceptors (Lipinski definition) is 6. The second-order valence-corrected chi connectivity index (χ2v) is 8.54. The Bertz CT molecular complexity index is 1080. The zero-order valence-corrected chi connectivity index (χ0v) is 19.4. The average Bonchev–Trinajstić information content (AvgIpc) is 3.06. The topological polar surface area (TPSA) is 88.8 Å². The molecule has 1 aliphatic rings. The fourth-order valence-electron chi connectivity index (χ4n) is 4.18. The van der Waals surface area contributed by atoms with Crippen LogP contribution in [0.2, 0.25) is 0 Å². The number of nitrogens with zero attached hydrogens (tertiary/aromatic N) is 6. The Balaban J connectivity index is 1.38. The monoisotopic (exact) mass is 433 g/mol. The molecule has 1 amide bonds. The van der Waals surface area contributed by atoms with Gasteiger partial charge in [-0.15, -0.1) is 0 Å². The molecule has 1 saturated heterocycles. The van der Waals surface area contributed by atoms with Crippen LogP contribution < -0.4 is 10.2 Å². The Morgan fingerprint density at radius 1 is 1.03 bits per heavy atom. The van der Waals surface area contributed by atoms with Crippen LogP contribution in [0.25, 0.3) is 5.95 Å². The Kier molecular flexibility index (Phi) is 6.48. The molecule has 1 fully saturated rings. The smallest absolute Gasteiger partial charge is 0.251 e. The van der Waals surface area contributed by atoms with Gasteiger partial charge in [0.25, 0.3) is 5.95 Å². The van der Waals surface area contributed by atoms with Gasteiger partial charge in [-0.3, -0.25) is 4.79 Å². The Morgan fingerprint density at radius 3 is 2.41 bits per heavy atom. The van der Waals surface area contributed by atoms with Crippen LogP contribution in [0.15, 0.2) is 24.4 Å². The molecule has 1 N–H and O–H groups in total. The number of hydrogen-bond donors (Lipinski definition) is 1. The van der Waals surface area contributed by atoms with Crippen LogP contribution >= 0.6 is 0 Å². The molecule has 8 heteroatoms. The van der Waals surface area contributed by atoms with E-state index in [1.807, 2.05) is 46.0 Å². The fraction of sp³-hybridized carbons (Fsp3) is 0.458. The molecular weight excluding hydrogens is 402 g/mol. The van der Waals surface area contributed by atoms with E-state index < -0.39 is 0 Å². The third-order valence-electron chi connectivity index (χ3n) is 5.92. The summed E-state index contributed by atoms with van der Waals surface area (Å²) in [4.78, 5) is 28.6. The molecule has 0 radical (unpaired) electrons. The largest absolute Gasteiger partial charge is 0.357 e. The standard InChI is InChI=1S/C24H31N7O/c1-16-12-17(2)28-24(27-16)31-19(4)21(18(3)29-31)13-23(32)26-15-20-8-9-22(25-14-20)30-10-6-5-7-11-30/h8-9,12,14H,5-7,10-11,13,15H2,1-4H3,(H,26,32). The van der Waals surface area contributed by atoms with Gasteiger partial charge in [0.05, 0.1) is 12.1 Å². The molecule has 0 atom stereocenters. The van der Waals surface area contributed by atoms with Gasteiger partial charge in [-0.05, 0) is 64.7 Å². The van der Waals surface area contributed by atoms with Gasteiger partial charge in [0, 0.05) is 48.5 Å². The zero-order valence-electron chi connectivity index (χ0n) is 19.4. The first-order valence-corrected chi connectivity index (χ1v) is 11.2. The first-order chi connectivity index (χ1) is 15.4. The lowest BCUT2D eigenvalue weighted by molar-refractivity contribution is -0.120. The lowest BCUT2D eigenvalue weighted by Crippen LogP contribution is -2.30. The lowest BCUT2D eigenvalue weighted by atomic mass is 10.1. The summed E-state index contributed by atoms with van der Waals surface area (Å²) in [6.07, 6.45) is 5.88. The highest BCUT2D eigenvalue weighted by Crippen LogP contribution is 2.19. The van der Waals surface area contributed by atoms with Crippen molar-refractivity contribution in [1.82, 2.24) is 30.0 Å². The van der Waals surface area contributed by atoms with Gasteiger partial charge in [-0.1, -0.05) is 6.07 Å². The van der Waals surface area contributed by atoms with Crippen LogP contribution in [0.3, 0.4) is 0 Å². The van der Waals surface area contributed by atoms with Crippen LogP contribution in [0, 0.1) is 27.7 Å². The molecule has 8 nitrogen and oxygen atoms in total. The second kappa shape index (κ2) is 9.46. The Hall–Kier alpha value is -3.29. The Morgan fingerprint density at radius 2 is 1.75 bits per heavy atom. The van der Waals surface area contributed by atoms with E-state index in [9.17, 15) is 4.79 Å². The molecule has 3 aromatic heterocycles. The van der Waals surface area contributed by atoms with Crippen molar-refractivity contribution in [3.63, 3.8) is 0 Å². The summed E-state index contributed by atoms with van der Waals surface area (Å²) in [7, 11) is 0. The van der Waals surface area contributed by atoms with Gasteiger partial charge in [0.1, 0.15) is 5.82 Å². The van der Waals surface area contributed by atoms with E-state index in [2.05, 4.69) is 36.3 Å². The third kappa shape index (κ3) is 4.95. The number of piperidine rings is 1. The van der Waals surface area contributed by atoms with Gasteiger partial charge in [-0.2, -0.15) is 5.10 Å². The summed E-state index contributed by atoms with van der Waals surface area (Å²) in [6, 6.07) is 6.02. The lowest BCUT2D eigenvalue weighted by Gasteiger charge is -2.27. The molecule has 0 aromatic carbocycles. The molecule has 0 spiro atoms. The predicted molar refractivity (Wildman–Crippen MR) is 124 cm³/mol. The molecular formula is C24H31N7O. The minimum atomic E-state index is -0.0443. The normalized spacial score (nSPS) is 13.9. The molecule has 3 aromatic rings. The van der Waals surface area contributed by atoms with E-state index >= 15 is 0 Å². The Labute approximate surface area is 189 Å². The molecule has 4 heterocycles. The van der Waals surface area contributed by atoms with Gasteiger partial charge >= 0.3 is 0 Å². The third-order valence-corrected chi connectivity index (χ3v) is 5.92. The van der Waals surface area contributed by atoms with E-state index in [1.165, 1.54) is 19.3 Å². The highest BCUT2D eigenvalue weighted by molar-refractivity contribution is 5.79. The average molecular weight is 434 g/mol. The van der Waals surface area contributed by atoms with E-state index in [0.29, 0.717) is 12.5 Å². The number of carbonyl (C=O) groups excluding carboxylic acids is 1. The number of carbonyl (C=O) groups is 1. The van der Waals surface area contributed by atoms with Crippen molar-refractivity contribution >= 4 is 11.7 Å². The molecule has 32 heavy (non-hydrogen) atoms. The molecule has 0 aliphatic carbocycles. The van der Waals surface area contributed by atoms with Crippen molar-refractivity contribution in [2.75, 3.05) is 18.0 Å². The van der Waals surface area contributed by atoms with Crippen molar-refractivity contribution in [2.24, 2.45) is 0 Å². The van der Waals surface area contributed by atoms with Gasteiger partial charge in [-0.25, -0.2) is 19.6 Å². The number of aryl methyl sites for hydroxylation is 3. The van der Waals surface area contributed by atoms with Gasteiger partial charge in [0.2, 0.25) is 5.91 Å². The molecule has 168 valence electrons. The summed E-state index contributed by atoms with van der Waals surface area (Å²) in [5, 5.41) is 7.59. The van der Waals surface area contributed by atoms with Crippen molar-refractivity contribution in [2.45, 2.75) is 59.9 Å². The highest BCUT2D eigenvalue weighted by Gasteiger charge is 2.18. The first kappa shape index (κ1) is 21.9. The maximum Gasteiger partial charge on any atom is 0.251 e. The van der Waals surface area contributed by atoms with E-state index in [0.717, 1.165) is 52.8 Å². The van der Waals surface area contributed by atoms with Crippen LogP contribution in [0.5, 0.6) is 0 Å². The SMILES string of the molecule is Cc1cc(C)nc(-n2nc(C)c(CC(=O)NCc3ccc(N4CCCCC4)nc3)c2C)n1. The van der Waals surface area contributed by atoms with E-state index in [-0.39, 0.29) is 12.3 Å². The van der Waals surface area contributed by atoms with Crippen molar-refractivity contribution in [1.29, 1.82) is 0 Å².